The number of rotatable bonds is 7. The van der Waals surface area contributed by atoms with E-state index in [1.807, 2.05) is 0 Å². The molecule has 2 N–H and O–H groups in total. The van der Waals surface area contributed by atoms with Gasteiger partial charge in [-0.15, -0.1) is 0 Å². The van der Waals surface area contributed by atoms with E-state index in [2.05, 4.69) is 6.58 Å². The second kappa shape index (κ2) is 6.79. The van der Waals surface area contributed by atoms with E-state index in [-0.39, 0.29) is 17.8 Å². The zero-order chi connectivity index (χ0) is 12.7. The first-order valence-corrected chi connectivity index (χ1v) is 4.81. The van der Waals surface area contributed by atoms with Crippen molar-refractivity contribution in [1.29, 1.82) is 0 Å². The summed E-state index contributed by atoms with van der Waals surface area (Å²) in [6.07, 6.45) is 1.34. The number of carbonyl (C=O) groups is 2. The average molecular weight is 228 g/mol. The Hall–Kier alpha value is -1.62. The van der Waals surface area contributed by atoms with Crippen molar-refractivity contribution in [3.8, 4) is 0 Å². The van der Waals surface area contributed by atoms with E-state index in [9.17, 15) is 9.59 Å². The van der Waals surface area contributed by atoms with Gasteiger partial charge in [0.1, 0.15) is 0 Å². The molecule has 0 amide bonds. The molecule has 5 nitrogen and oxygen atoms in total. The molecular weight excluding hydrogens is 212 g/mol. The van der Waals surface area contributed by atoms with E-state index in [1.54, 1.807) is 6.92 Å². The number of carboxylic acids is 2. The summed E-state index contributed by atoms with van der Waals surface area (Å²) in [5.74, 6) is -2.85. The number of aliphatic carboxylic acids is 2. The Bertz CT molecular complexity index is 316. The molecule has 0 rings (SSSR count). The predicted octanol–water partition coefficient (Wildman–Crippen LogP) is 1.31. The van der Waals surface area contributed by atoms with Gasteiger partial charge in [0.25, 0.3) is 0 Å². The van der Waals surface area contributed by atoms with E-state index in [1.165, 1.54) is 13.0 Å². The number of carboxylic acid groups (broad SMARTS) is 2. The Morgan fingerprint density at radius 2 is 1.94 bits per heavy atom. The van der Waals surface area contributed by atoms with Crippen molar-refractivity contribution < 1.29 is 24.5 Å². The molecule has 0 aromatic rings. The van der Waals surface area contributed by atoms with Crippen molar-refractivity contribution in [2.75, 3.05) is 13.2 Å². The summed E-state index contributed by atoms with van der Waals surface area (Å²) in [5.41, 5.74) is 0.00107. The van der Waals surface area contributed by atoms with Crippen LogP contribution in [0.3, 0.4) is 0 Å². The van der Waals surface area contributed by atoms with E-state index in [0.29, 0.717) is 6.61 Å². The summed E-state index contributed by atoms with van der Waals surface area (Å²) in [5, 5.41) is 17.5. The van der Waals surface area contributed by atoms with Gasteiger partial charge in [-0.05, 0) is 13.8 Å². The van der Waals surface area contributed by atoms with Gasteiger partial charge in [-0.3, -0.25) is 0 Å². The summed E-state index contributed by atoms with van der Waals surface area (Å²) >= 11 is 0. The number of ether oxygens (including phenoxy) is 1. The largest absolute Gasteiger partial charge is 0.478 e. The van der Waals surface area contributed by atoms with Crippen LogP contribution in [-0.2, 0) is 14.3 Å². The summed E-state index contributed by atoms with van der Waals surface area (Å²) in [4.78, 5) is 21.3. The molecule has 0 radical (unpaired) electrons. The van der Waals surface area contributed by atoms with Crippen molar-refractivity contribution >= 4 is 11.9 Å². The lowest BCUT2D eigenvalue weighted by Gasteiger charge is -2.13. The van der Waals surface area contributed by atoms with Crippen LogP contribution in [0.1, 0.15) is 13.8 Å². The molecule has 0 aliphatic carbocycles. The minimum atomic E-state index is -1.15. The van der Waals surface area contributed by atoms with Crippen LogP contribution in [0.4, 0.5) is 0 Å². The molecule has 90 valence electrons. The Balaban J connectivity index is 4.80. The quantitative estimate of drug-likeness (QED) is 0.642. The smallest absolute Gasteiger partial charge is 0.331 e. The van der Waals surface area contributed by atoms with E-state index in [4.69, 9.17) is 14.9 Å². The van der Waals surface area contributed by atoms with Crippen LogP contribution in [0.2, 0.25) is 0 Å². The van der Waals surface area contributed by atoms with Gasteiger partial charge in [0.15, 0.2) is 0 Å². The summed E-state index contributed by atoms with van der Waals surface area (Å²) in [6, 6.07) is 0. The maximum absolute atomic E-state index is 10.7. The molecule has 0 spiro atoms. The zero-order valence-corrected chi connectivity index (χ0v) is 9.40. The van der Waals surface area contributed by atoms with Crippen molar-refractivity contribution in [3.05, 3.63) is 23.8 Å². The van der Waals surface area contributed by atoms with Crippen molar-refractivity contribution in [2.45, 2.75) is 13.8 Å². The van der Waals surface area contributed by atoms with Crippen LogP contribution in [0, 0.1) is 5.92 Å². The lowest BCUT2D eigenvalue weighted by molar-refractivity contribution is -0.134. The second-order valence-corrected chi connectivity index (χ2v) is 3.25. The normalized spacial score (nSPS) is 13.2. The standard InChI is InChI=1S/C11H16O5/c1-4-16-6-9(8(3)11(14)15)5-7(2)10(12)13/h5,9H,3-4,6H2,1-2H3,(H,12,13)(H,14,15). The van der Waals surface area contributed by atoms with Gasteiger partial charge in [-0.2, -0.15) is 0 Å². The Morgan fingerprint density at radius 1 is 1.38 bits per heavy atom. The van der Waals surface area contributed by atoms with Gasteiger partial charge >= 0.3 is 11.9 Å². The van der Waals surface area contributed by atoms with Gasteiger partial charge in [0, 0.05) is 23.7 Å². The lowest BCUT2D eigenvalue weighted by atomic mass is 9.99. The first kappa shape index (κ1) is 14.4. The SMILES string of the molecule is C=C(C(=O)O)C(C=C(C)C(=O)O)COCC. The molecule has 16 heavy (non-hydrogen) atoms. The highest BCUT2D eigenvalue weighted by molar-refractivity contribution is 5.89. The molecule has 0 saturated heterocycles. The van der Waals surface area contributed by atoms with Gasteiger partial charge in [-0.1, -0.05) is 12.7 Å². The monoisotopic (exact) mass is 228 g/mol. The average Bonchev–Trinajstić information content (AvgIpc) is 2.22. The van der Waals surface area contributed by atoms with E-state index in [0.717, 1.165) is 0 Å². The molecule has 0 aliphatic heterocycles. The van der Waals surface area contributed by atoms with Crippen LogP contribution < -0.4 is 0 Å². The third-order valence-electron chi connectivity index (χ3n) is 2.01. The molecule has 1 atom stereocenters. The highest BCUT2D eigenvalue weighted by Crippen LogP contribution is 2.14. The maximum Gasteiger partial charge on any atom is 0.331 e. The van der Waals surface area contributed by atoms with Gasteiger partial charge in [0.2, 0.25) is 0 Å². The van der Waals surface area contributed by atoms with Crippen LogP contribution in [0.5, 0.6) is 0 Å². The summed E-state index contributed by atoms with van der Waals surface area (Å²) in [7, 11) is 0. The third kappa shape index (κ3) is 4.75. The highest BCUT2D eigenvalue weighted by atomic mass is 16.5. The highest BCUT2D eigenvalue weighted by Gasteiger charge is 2.17. The summed E-state index contributed by atoms with van der Waals surface area (Å²) < 4.78 is 5.09. The first-order valence-electron chi connectivity index (χ1n) is 4.81. The van der Waals surface area contributed by atoms with Crippen molar-refractivity contribution in [1.82, 2.24) is 0 Å². The summed E-state index contributed by atoms with van der Waals surface area (Å²) in [6.45, 7) is 7.13. The maximum atomic E-state index is 10.7. The third-order valence-corrected chi connectivity index (χ3v) is 2.01. The number of hydrogen-bond donors (Lipinski definition) is 2. The Kier molecular flexibility index (Phi) is 6.10. The van der Waals surface area contributed by atoms with Gasteiger partial charge in [-0.25, -0.2) is 9.59 Å². The molecular formula is C11H16O5. The van der Waals surface area contributed by atoms with Crippen LogP contribution in [0.25, 0.3) is 0 Å². The topological polar surface area (TPSA) is 83.8 Å². The van der Waals surface area contributed by atoms with Crippen molar-refractivity contribution in [3.63, 3.8) is 0 Å². The molecule has 1 unspecified atom stereocenters. The van der Waals surface area contributed by atoms with Crippen molar-refractivity contribution in [2.24, 2.45) is 5.92 Å². The van der Waals surface area contributed by atoms with Crippen LogP contribution >= 0.6 is 0 Å². The molecule has 0 aliphatic rings. The van der Waals surface area contributed by atoms with Crippen LogP contribution in [-0.4, -0.2) is 35.4 Å². The first-order chi connectivity index (χ1) is 7.40. The molecule has 0 heterocycles. The molecule has 0 aromatic heterocycles. The Morgan fingerprint density at radius 3 is 2.31 bits per heavy atom. The molecule has 0 bridgehead atoms. The minimum Gasteiger partial charge on any atom is -0.478 e. The molecule has 0 aromatic carbocycles. The molecule has 0 saturated carbocycles. The van der Waals surface area contributed by atoms with Gasteiger partial charge < -0.3 is 14.9 Å². The fourth-order valence-electron chi connectivity index (χ4n) is 1.03. The Labute approximate surface area is 94.0 Å². The zero-order valence-electron chi connectivity index (χ0n) is 9.40. The van der Waals surface area contributed by atoms with Gasteiger partial charge in [0.05, 0.1) is 6.61 Å². The predicted molar refractivity (Wildman–Crippen MR) is 58.2 cm³/mol. The second-order valence-electron chi connectivity index (χ2n) is 3.25. The molecule has 5 heteroatoms. The van der Waals surface area contributed by atoms with E-state index < -0.39 is 17.9 Å². The minimum absolute atomic E-state index is 0.0750. The fourth-order valence-corrected chi connectivity index (χ4v) is 1.03. The van der Waals surface area contributed by atoms with E-state index >= 15 is 0 Å². The number of hydrogen-bond acceptors (Lipinski definition) is 3. The van der Waals surface area contributed by atoms with Crippen LogP contribution in [0.15, 0.2) is 23.8 Å². The fraction of sp³-hybridized carbons (Fsp3) is 0.455. The lowest BCUT2D eigenvalue weighted by Crippen LogP contribution is -2.17. The molecule has 0 fully saturated rings.